The average molecular weight is 397 g/mol. The van der Waals surface area contributed by atoms with Crippen LogP contribution in [-0.4, -0.2) is 70.6 Å². The molecule has 0 bridgehead atoms. The number of likely N-dealkylation sites (tertiary alicyclic amines) is 1. The largest absolute Gasteiger partial charge is 0.383 e. The Morgan fingerprint density at radius 1 is 1.55 bits per heavy atom. The highest BCUT2D eigenvalue weighted by Crippen LogP contribution is 2.27. The first-order valence-electron chi connectivity index (χ1n) is 9.20. The van der Waals surface area contributed by atoms with E-state index >= 15 is 0 Å². The van der Waals surface area contributed by atoms with Crippen LogP contribution in [0.5, 0.6) is 0 Å². The predicted octanol–water partition coefficient (Wildman–Crippen LogP) is 0.671. The normalized spacial score (nSPS) is 21.0. The molecule has 3 atom stereocenters. The summed E-state index contributed by atoms with van der Waals surface area (Å²) in [7, 11) is 1.56. The zero-order chi connectivity index (χ0) is 21.0. The van der Waals surface area contributed by atoms with Crippen LogP contribution in [0.4, 0.5) is 5.82 Å². The lowest BCUT2D eigenvalue weighted by molar-refractivity contribution is -0.126. The molecule has 1 unspecified atom stereocenters. The smallest absolute Gasteiger partial charge is 0.255 e. The first kappa shape index (κ1) is 20.3. The van der Waals surface area contributed by atoms with E-state index in [9.17, 15) is 14.9 Å². The van der Waals surface area contributed by atoms with Crippen molar-refractivity contribution in [3.8, 4) is 6.07 Å². The van der Waals surface area contributed by atoms with Crippen LogP contribution in [0.2, 0.25) is 0 Å². The summed E-state index contributed by atoms with van der Waals surface area (Å²) in [6.45, 7) is 6.48. The molecule has 152 valence electrons. The van der Waals surface area contributed by atoms with Crippen LogP contribution < -0.4 is 10.6 Å². The second kappa shape index (κ2) is 8.70. The Morgan fingerprint density at radius 2 is 2.34 bits per heavy atom. The van der Waals surface area contributed by atoms with Gasteiger partial charge in [-0.15, -0.1) is 0 Å². The lowest BCUT2D eigenvalue weighted by atomic mass is 10.0. The minimum Gasteiger partial charge on any atom is -0.383 e. The number of aromatic amines is 1. The Morgan fingerprint density at radius 3 is 3.03 bits per heavy atom. The fourth-order valence-corrected chi connectivity index (χ4v) is 3.44. The van der Waals surface area contributed by atoms with Crippen molar-refractivity contribution in [2.24, 2.45) is 5.92 Å². The highest BCUT2D eigenvalue weighted by Gasteiger charge is 2.41. The van der Waals surface area contributed by atoms with Crippen molar-refractivity contribution in [1.82, 2.24) is 25.2 Å². The van der Waals surface area contributed by atoms with Crippen molar-refractivity contribution >= 4 is 28.8 Å². The van der Waals surface area contributed by atoms with E-state index in [-0.39, 0.29) is 23.9 Å². The quantitative estimate of drug-likeness (QED) is 0.461. The molecule has 2 aromatic heterocycles. The number of nitrogens with zero attached hydrogens (tertiary/aromatic N) is 4. The van der Waals surface area contributed by atoms with Gasteiger partial charge in [-0.2, -0.15) is 5.26 Å². The fraction of sp³-hybridized carbons (Fsp3) is 0.421. The number of rotatable bonds is 7. The number of methoxy groups -OCH3 is 1. The highest BCUT2D eigenvalue weighted by atomic mass is 16.5. The van der Waals surface area contributed by atoms with Gasteiger partial charge in [-0.1, -0.05) is 6.58 Å². The van der Waals surface area contributed by atoms with Crippen molar-refractivity contribution in [2.75, 3.05) is 32.1 Å². The van der Waals surface area contributed by atoms with E-state index in [2.05, 4.69) is 38.2 Å². The first-order valence-corrected chi connectivity index (χ1v) is 9.20. The number of amides is 2. The molecule has 0 aromatic carbocycles. The summed E-state index contributed by atoms with van der Waals surface area (Å²) in [5, 5.41) is 15.5. The fourth-order valence-electron chi connectivity index (χ4n) is 3.44. The minimum absolute atomic E-state index is 0.218. The first-order chi connectivity index (χ1) is 14.0. The van der Waals surface area contributed by atoms with Crippen LogP contribution in [0.1, 0.15) is 17.3 Å². The number of nitriles is 1. The SMILES string of the molecule is C=CC(=O)N1C[C@H](C#N)[C@@H](Nc2cnc3[nH]cc(C(=O)NCCOC)c3n2)C1C. The molecule has 3 rings (SSSR count). The van der Waals surface area contributed by atoms with E-state index in [0.29, 0.717) is 42.2 Å². The van der Waals surface area contributed by atoms with Gasteiger partial charge in [-0.05, 0) is 13.0 Å². The number of H-pyrrole nitrogens is 1. The molecule has 1 aliphatic rings. The number of carbonyl (C=O) groups excluding carboxylic acids is 2. The maximum absolute atomic E-state index is 12.4. The molecule has 10 nitrogen and oxygen atoms in total. The second-order valence-corrected chi connectivity index (χ2v) is 6.74. The Hall–Kier alpha value is -3.45. The van der Waals surface area contributed by atoms with E-state index in [0.717, 1.165) is 0 Å². The topological polar surface area (TPSA) is 136 Å². The molecule has 1 fully saturated rings. The van der Waals surface area contributed by atoms with Crippen LogP contribution in [0.15, 0.2) is 25.0 Å². The number of carbonyl (C=O) groups is 2. The van der Waals surface area contributed by atoms with Gasteiger partial charge in [0.05, 0.1) is 42.4 Å². The third-order valence-electron chi connectivity index (χ3n) is 4.99. The summed E-state index contributed by atoms with van der Waals surface area (Å²) in [6, 6.07) is 1.69. The maximum atomic E-state index is 12.4. The number of fused-ring (bicyclic) bond motifs is 1. The highest BCUT2D eigenvalue weighted by molar-refractivity contribution is 6.04. The average Bonchev–Trinajstić information content (AvgIpc) is 3.29. The van der Waals surface area contributed by atoms with Gasteiger partial charge in [0.2, 0.25) is 5.91 Å². The molecule has 0 spiro atoms. The van der Waals surface area contributed by atoms with Gasteiger partial charge < -0.3 is 25.3 Å². The van der Waals surface area contributed by atoms with E-state index in [4.69, 9.17) is 4.74 Å². The molecule has 10 heteroatoms. The minimum atomic E-state index is -0.408. The lowest BCUT2D eigenvalue weighted by Crippen LogP contribution is -2.39. The van der Waals surface area contributed by atoms with Crippen LogP contribution in [0, 0.1) is 17.2 Å². The molecule has 0 radical (unpaired) electrons. The molecule has 1 aliphatic heterocycles. The summed E-state index contributed by atoms with van der Waals surface area (Å²) in [6.07, 6.45) is 4.33. The van der Waals surface area contributed by atoms with Gasteiger partial charge in [0.15, 0.2) is 5.65 Å². The summed E-state index contributed by atoms with van der Waals surface area (Å²) in [5.74, 6) is -0.488. The Bertz CT molecular complexity index is 964. The number of aromatic nitrogens is 3. The van der Waals surface area contributed by atoms with Crippen molar-refractivity contribution in [3.63, 3.8) is 0 Å². The molecule has 1 saturated heterocycles. The molecule has 2 amide bonds. The lowest BCUT2D eigenvalue weighted by Gasteiger charge is -2.24. The van der Waals surface area contributed by atoms with Gasteiger partial charge in [0.1, 0.15) is 11.3 Å². The molecular weight excluding hydrogens is 374 g/mol. The molecule has 29 heavy (non-hydrogen) atoms. The van der Waals surface area contributed by atoms with Crippen molar-refractivity contribution in [2.45, 2.75) is 19.0 Å². The Kier molecular flexibility index (Phi) is 6.09. The van der Waals surface area contributed by atoms with Gasteiger partial charge in [-0.25, -0.2) is 9.97 Å². The molecule has 3 N–H and O–H groups in total. The predicted molar refractivity (Wildman–Crippen MR) is 106 cm³/mol. The number of hydrogen-bond donors (Lipinski definition) is 3. The van der Waals surface area contributed by atoms with E-state index in [1.807, 2.05) is 6.92 Å². The summed E-state index contributed by atoms with van der Waals surface area (Å²) < 4.78 is 4.93. The zero-order valence-electron chi connectivity index (χ0n) is 16.3. The zero-order valence-corrected chi connectivity index (χ0v) is 16.3. The monoisotopic (exact) mass is 397 g/mol. The summed E-state index contributed by atoms with van der Waals surface area (Å²) in [4.78, 5) is 37.8. The van der Waals surface area contributed by atoms with E-state index < -0.39 is 5.92 Å². The van der Waals surface area contributed by atoms with Crippen LogP contribution in [0.3, 0.4) is 0 Å². The van der Waals surface area contributed by atoms with E-state index in [1.54, 1.807) is 18.2 Å². The van der Waals surface area contributed by atoms with Gasteiger partial charge in [-0.3, -0.25) is 9.59 Å². The Balaban J connectivity index is 1.82. The summed E-state index contributed by atoms with van der Waals surface area (Å²) in [5.41, 5.74) is 1.27. The standard InChI is InChI=1S/C19H23N7O3/c1-4-15(27)26-10-12(7-20)16(11(26)2)24-14-9-23-18-17(25-14)13(8-22-18)19(28)21-5-6-29-3/h4,8-9,11-12,16H,1,5-6,10H2,2-3H3,(H,21,28)(H,22,23)(H,24,25)/t11?,12-,16-/m0/s1. The third-order valence-corrected chi connectivity index (χ3v) is 4.99. The van der Waals surface area contributed by atoms with E-state index in [1.165, 1.54) is 12.3 Å². The summed E-state index contributed by atoms with van der Waals surface area (Å²) >= 11 is 0. The molecule has 2 aromatic rings. The van der Waals surface area contributed by atoms with Crippen molar-refractivity contribution < 1.29 is 14.3 Å². The number of nitrogens with one attached hydrogen (secondary N) is 3. The van der Waals surface area contributed by atoms with Crippen molar-refractivity contribution in [1.29, 1.82) is 5.26 Å². The van der Waals surface area contributed by atoms with Gasteiger partial charge in [0, 0.05) is 26.4 Å². The molecule has 0 aliphatic carbocycles. The molecule has 3 heterocycles. The number of ether oxygens (including phenoxy) is 1. The van der Waals surface area contributed by atoms with Crippen LogP contribution >= 0.6 is 0 Å². The van der Waals surface area contributed by atoms with Gasteiger partial charge in [0.25, 0.3) is 5.91 Å². The second-order valence-electron chi connectivity index (χ2n) is 6.74. The van der Waals surface area contributed by atoms with Crippen molar-refractivity contribution in [3.05, 3.63) is 30.6 Å². The Labute approximate surface area is 167 Å². The third kappa shape index (κ3) is 4.05. The van der Waals surface area contributed by atoms with Crippen LogP contribution in [-0.2, 0) is 9.53 Å². The number of hydrogen-bond acceptors (Lipinski definition) is 7. The van der Waals surface area contributed by atoms with Gasteiger partial charge >= 0.3 is 0 Å². The molecule has 0 saturated carbocycles. The molecular formula is C19H23N7O3. The van der Waals surface area contributed by atoms with Crippen LogP contribution in [0.25, 0.3) is 11.2 Å². The maximum Gasteiger partial charge on any atom is 0.255 e. The number of anilines is 1.